The van der Waals surface area contributed by atoms with E-state index in [0.717, 1.165) is 18.4 Å². The zero-order valence-corrected chi connectivity index (χ0v) is 9.11. The lowest BCUT2D eigenvalue weighted by Gasteiger charge is -2.11. The van der Waals surface area contributed by atoms with Gasteiger partial charge in [-0.2, -0.15) is 0 Å². The second kappa shape index (κ2) is 5.16. The van der Waals surface area contributed by atoms with Crippen molar-refractivity contribution in [3.05, 3.63) is 35.1 Å². The molecule has 1 nitrogen and oxygen atoms in total. The molecular formula is C12H13ClFN. The van der Waals surface area contributed by atoms with Gasteiger partial charge in [0, 0.05) is 6.04 Å². The van der Waals surface area contributed by atoms with Crippen LogP contribution in [0.3, 0.4) is 0 Å². The third-order valence-corrected chi connectivity index (χ3v) is 2.64. The Morgan fingerprint density at radius 1 is 1.53 bits per heavy atom. The second-order valence-electron chi connectivity index (χ2n) is 3.52. The van der Waals surface area contributed by atoms with Crippen LogP contribution in [-0.2, 0) is 6.42 Å². The highest BCUT2D eigenvalue weighted by Gasteiger charge is 2.21. The van der Waals surface area contributed by atoms with Crippen LogP contribution in [-0.4, -0.2) is 6.54 Å². The lowest BCUT2D eigenvalue weighted by molar-refractivity contribution is 0.562. The van der Waals surface area contributed by atoms with Gasteiger partial charge in [0.05, 0.1) is 6.54 Å². The molecule has 0 spiro atoms. The van der Waals surface area contributed by atoms with Gasteiger partial charge in [-0.1, -0.05) is 12.0 Å². The number of terminal acetylenes is 1. The fourth-order valence-electron chi connectivity index (χ4n) is 1.97. The van der Waals surface area contributed by atoms with Crippen molar-refractivity contribution in [3.63, 3.8) is 0 Å². The summed E-state index contributed by atoms with van der Waals surface area (Å²) in [6.07, 6.45) is 7.20. The number of nitrogens with one attached hydrogen (secondary N) is 1. The van der Waals surface area contributed by atoms with E-state index in [4.69, 9.17) is 6.42 Å². The number of benzene rings is 1. The van der Waals surface area contributed by atoms with Crippen LogP contribution in [0.25, 0.3) is 0 Å². The van der Waals surface area contributed by atoms with Crippen molar-refractivity contribution in [1.82, 2.24) is 5.32 Å². The van der Waals surface area contributed by atoms with Crippen LogP contribution >= 0.6 is 12.4 Å². The Hall–Kier alpha value is -1.04. The lowest BCUT2D eigenvalue weighted by atomic mass is 10.1. The third kappa shape index (κ3) is 2.50. The molecule has 2 rings (SSSR count). The summed E-state index contributed by atoms with van der Waals surface area (Å²) in [7, 11) is 0. The first-order chi connectivity index (χ1) is 6.81. The van der Waals surface area contributed by atoms with E-state index in [9.17, 15) is 4.39 Å². The Balaban J connectivity index is 0.00000112. The molecule has 3 heteroatoms. The molecule has 1 atom stereocenters. The Morgan fingerprint density at radius 2 is 2.33 bits per heavy atom. The minimum absolute atomic E-state index is 0. The molecule has 0 aliphatic heterocycles. The summed E-state index contributed by atoms with van der Waals surface area (Å²) < 4.78 is 13.0. The minimum Gasteiger partial charge on any atom is -0.299 e. The number of hydrogen-bond acceptors (Lipinski definition) is 1. The molecule has 0 fully saturated rings. The van der Waals surface area contributed by atoms with Crippen molar-refractivity contribution in [1.29, 1.82) is 0 Å². The third-order valence-electron chi connectivity index (χ3n) is 2.64. The van der Waals surface area contributed by atoms with Crippen LogP contribution in [0.15, 0.2) is 18.2 Å². The fraction of sp³-hybridized carbons (Fsp3) is 0.333. The number of hydrogen-bond donors (Lipinski definition) is 1. The van der Waals surface area contributed by atoms with E-state index in [-0.39, 0.29) is 24.3 Å². The summed E-state index contributed by atoms with van der Waals surface area (Å²) in [4.78, 5) is 0. The van der Waals surface area contributed by atoms with E-state index in [2.05, 4.69) is 11.2 Å². The van der Waals surface area contributed by atoms with E-state index in [1.165, 1.54) is 11.6 Å². The smallest absolute Gasteiger partial charge is 0.123 e. The van der Waals surface area contributed by atoms with Crippen molar-refractivity contribution >= 4 is 12.4 Å². The number of fused-ring (bicyclic) bond motifs is 1. The molecule has 1 aliphatic rings. The zero-order valence-electron chi connectivity index (χ0n) is 8.29. The summed E-state index contributed by atoms with van der Waals surface area (Å²) in [5, 5.41) is 3.21. The number of halogens is 2. The highest BCUT2D eigenvalue weighted by Crippen LogP contribution is 2.31. The standard InChI is InChI=1S/C12H12FN.ClH/c1-2-7-14-12-6-4-9-3-5-10(13)8-11(9)12;/h1,3,5,8,12,14H,4,6-7H2;1H. The molecular weight excluding hydrogens is 213 g/mol. The number of aryl methyl sites for hydroxylation is 1. The maximum Gasteiger partial charge on any atom is 0.123 e. The molecule has 0 saturated heterocycles. The predicted octanol–water partition coefficient (Wildman–Crippen LogP) is 2.46. The summed E-state index contributed by atoms with van der Waals surface area (Å²) in [6.45, 7) is 0.542. The molecule has 1 aromatic carbocycles. The van der Waals surface area contributed by atoms with E-state index < -0.39 is 0 Å². The molecule has 0 saturated carbocycles. The Bertz CT molecular complexity index is 384. The maximum atomic E-state index is 13.0. The highest BCUT2D eigenvalue weighted by atomic mass is 35.5. The van der Waals surface area contributed by atoms with Crippen LogP contribution < -0.4 is 5.32 Å². The summed E-state index contributed by atoms with van der Waals surface area (Å²) in [6, 6.07) is 5.22. The van der Waals surface area contributed by atoms with Crippen LogP contribution in [0.5, 0.6) is 0 Å². The largest absolute Gasteiger partial charge is 0.299 e. The van der Waals surface area contributed by atoms with Crippen molar-refractivity contribution < 1.29 is 4.39 Å². The monoisotopic (exact) mass is 225 g/mol. The van der Waals surface area contributed by atoms with Crippen LogP contribution in [0.2, 0.25) is 0 Å². The lowest BCUT2D eigenvalue weighted by Crippen LogP contribution is -2.19. The Labute approximate surface area is 95.5 Å². The molecule has 1 aliphatic carbocycles. The number of rotatable bonds is 2. The maximum absolute atomic E-state index is 13.0. The molecule has 0 radical (unpaired) electrons. The van der Waals surface area contributed by atoms with Crippen molar-refractivity contribution in [2.75, 3.05) is 6.54 Å². The molecule has 0 aromatic heterocycles. The first kappa shape index (κ1) is 12.0. The quantitative estimate of drug-likeness (QED) is 0.763. The predicted molar refractivity (Wildman–Crippen MR) is 61.5 cm³/mol. The molecule has 80 valence electrons. The van der Waals surface area contributed by atoms with E-state index in [0.29, 0.717) is 6.54 Å². The molecule has 0 amide bonds. The molecule has 0 bridgehead atoms. The van der Waals surface area contributed by atoms with Gasteiger partial charge in [0.2, 0.25) is 0 Å². The zero-order chi connectivity index (χ0) is 9.97. The van der Waals surface area contributed by atoms with Gasteiger partial charge in [0.15, 0.2) is 0 Å². The normalized spacial score (nSPS) is 17.7. The van der Waals surface area contributed by atoms with Crippen LogP contribution in [0.4, 0.5) is 4.39 Å². The Kier molecular flexibility index (Phi) is 4.14. The van der Waals surface area contributed by atoms with Gasteiger partial charge in [-0.15, -0.1) is 18.8 Å². The van der Waals surface area contributed by atoms with Gasteiger partial charge in [-0.05, 0) is 36.1 Å². The van der Waals surface area contributed by atoms with Crippen molar-refractivity contribution in [3.8, 4) is 12.3 Å². The van der Waals surface area contributed by atoms with Crippen molar-refractivity contribution in [2.24, 2.45) is 0 Å². The summed E-state index contributed by atoms with van der Waals surface area (Å²) >= 11 is 0. The summed E-state index contributed by atoms with van der Waals surface area (Å²) in [5.41, 5.74) is 2.31. The fourth-order valence-corrected chi connectivity index (χ4v) is 1.97. The van der Waals surface area contributed by atoms with E-state index in [1.54, 1.807) is 6.07 Å². The van der Waals surface area contributed by atoms with Crippen molar-refractivity contribution in [2.45, 2.75) is 18.9 Å². The van der Waals surface area contributed by atoms with Gasteiger partial charge in [-0.3, -0.25) is 5.32 Å². The van der Waals surface area contributed by atoms with Gasteiger partial charge in [0.25, 0.3) is 0 Å². The molecule has 1 N–H and O–H groups in total. The van der Waals surface area contributed by atoms with E-state index in [1.807, 2.05) is 6.07 Å². The highest BCUT2D eigenvalue weighted by molar-refractivity contribution is 5.85. The SMILES string of the molecule is C#CCNC1CCc2ccc(F)cc21.Cl. The minimum atomic E-state index is -0.168. The summed E-state index contributed by atoms with van der Waals surface area (Å²) in [5.74, 6) is 2.37. The topological polar surface area (TPSA) is 12.0 Å². The van der Waals surface area contributed by atoms with Crippen LogP contribution in [0.1, 0.15) is 23.6 Å². The average molecular weight is 226 g/mol. The average Bonchev–Trinajstić information content (AvgIpc) is 2.57. The first-order valence-electron chi connectivity index (χ1n) is 4.76. The molecule has 15 heavy (non-hydrogen) atoms. The molecule has 0 heterocycles. The first-order valence-corrected chi connectivity index (χ1v) is 4.76. The van der Waals surface area contributed by atoms with Gasteiger partial charge in [-0.25, -0.2) is 4.39 Å². The van der Waals surface area contributed by atoms with E-state index >= 15 is 0 Å². The Morgan fingerprint density at radius 3 is 3.07 bits per heavy atom. The second-order valence-corrected chi connectivity index (χ2v) is 3.52. The molecule has 1 aromatic rings. The van der Waals surface area contributed by atoms with Gasteiger partial charge < -0.3 is 0 Å². The van der Waals surface area contributed by atoms with Gasteiger partial charge >= 0.3 is 0 Å². The van der Waals surface area contributed by atoms with Crippen LogP contribution in [0, 0.1) is 18.2 Å². The van der Waals surface area contributed by atoms with Gasteiger partial charge in [0.1, 0.15) is 5.82 Å². The molecule has 1 unspecified atom stereocenters.